The van der Waals surface area contributed by atoms with Gasteiger partial charge in [0.15, 0.2) is 0 Å². The summed E-state index contributed by atoms with van der Waals surface area (Å²) in [5, 5.41) is 0. The zero-order valence-electron chi connectivity index (χ0n) is 11.0. The van der Waals surface area contributed by atoms with Crippen LogP contribution in [0.5, 0.6) is 0 Å². The van der Waals surface area contributed by atoms with Gasteiger partial charge in [-0.05, 0) is 30.2 Å². The predicted octanol–water partition coefficient (Wildman–Crippen LogP) is 3.65. The third-order valence-electron chi connectivity index (χ3n) is 3.84. The number of hydrogen-bond donors (Lipinski definition) is 1. The summed E-state index contributed by atoms with van der Waals surface area (Å²) >= 11 is 3.29. The van der Waals surface area contributed by atoms with E-state index in [2.05, 4.69) is 33.0 Å². The van der Waals surface area contributed by atoms with Crippen molar-refractivity contribution in [2.45, 2.75) is 12.5 Å². The first-order chi connectivity index (χ1) is 9.70. The van der Waals surface area contributed by atoms with Crippen LogP contribution in [-0.2, 0) is 6.42 Å². The second kappa shape index (κ2) is 5.54. The molecule has 0 radical (unpaired) electrons. The molecule has 2 N–H and O–H groups in total. The number of anilines is 1. The molecule has 1 atom stereocenters. The maximum absolute atomic E-state index is 14.2. The molecule has 1 aliphatic heterocycles. The van der Waals surface area contributed by atoms with Crippen LogP contribution in [0.2, 0.25) is 0 Å². The first-order valence-corrected chi connectivity index (χ1v) is 7.49. The topological polar surface area (TPSA) is 29.3 Å². The first kappa shape index (κ1) is 13.6. The molecule has 1 heterocycles. The summed E-state index contributed by atoms with van der Waals surface area (Å²) in [6, 6.07) is 13.3. The van der Waals surface area contributed by atoms with E-state index in [0.717, 1.165) is 17.4 Å². The Balaban J connectivity index is 1.99. The highest BCUT2D eigenvalue weighted by Gasteiger charge is 2.27. The minimum atomic E-state index is -0.209. The summed E-state index contributed by atoms with van der Waals surface area (Å²) < 4.78 is 15.0. The lowest BCUT2D eigenvalue weighted by Gasteiger charge is -2.30. The zero-order chi connectivity index (χ0) is 14.1. The van der Waals surface area contributed by atoms with E-state index < -0.39 is 0 Å². The van der Waals surface area contributed by atoms with E-state index in [-0.39, 0.29) is 11.9 Å². The number of benzene rings is 2. The van der Waals surface area contributed by atoms with Crippen LogP contribution in [0.3, 0.4) is 0 Å². The Kier molecular flexibility index (Phi) is 3.76. The maximum atomic E-state index is 14.2. The average molecular weight is 335 g/mol. The Labute approximate surface area is 126 Å². The van der Waals surface area contributed by atoms with Crippen molar-refractivity contribution < 1.29 is 4.39 Å². The molecule has 0 saturated carbocycles. The molecule has 4 heteroatoms. The molecule has 0 bridgehead atoms. The molecule has 2 nitrogen and oxygen atoms in total. The summed E-state index contributed by atoms with van der Waals surface area (Å²) in [7, 11) is 0. The fourth-order valence-corrected chi connectivity index (χ4v) is 3.21. The Bertz CT molecular complexity index is 630. The Morgan fingerprint density at radius 3 is 2.80 bits per heavy atom. The van der Waals surface area contributed by atoms with Gasteiger partial charge in [-0.2, -0.15) is 0 Å². The first-order valence-electron chi connectivity index (χ1n) is 6.70. The SMILES string of the molecule is NCC(c1ccc(Br)cc1F)N1CCc2ccccc21. The molecule has 0 saturated heterocycles. The van der Waals surface area contributed by atoms with Gasteiger partial charge < -0.3 is 10.6 Å². The van der Waals surface area contributed by atoms with Crippen molar-refractivity contribution in [2.75, 3.05) is 18.0 Å². The average Bonchev–Trinajstić information content (AvgIpc) is 2.86. The van der Waals surface area contributed by atoms with Gasteiger partial charge in [-0.3, -0.25) is 0 Å². The second-order valence-corrected chi connectivity index (χ2v) is 5.91. The summed E-state index contributed by atoms with van der Waals surface area (Å²) in [6.45, 7) is 1.28. The smallest absolute Gasteiger partial charge is 0.129 e. The Hall–Kier alpha value is -1.39. The molecule has 2 aromatic rings. The third-order valence-corrected chi connectivity index (χ3v) is 4.34. The molecule has 1 unspecified atom stereocenters. The molecular formula is C16H16BrFN2. The lowest BCUT2D eigenvalue weighted by molar-refractivity contribution is 0.564. The summed E-state index contributed by atoms with van der Waals surface area (Å²) in [4.78, 5) is 2.21. The van der Waals surface area contributed by atoms with Gasteiger partial charge in [0.05, 0.1) is 6.04 Å². The largest absolute Gasteiger partial charge is 0.363 e. The number of fused-ring (bicyclic) bond motifs is 1. The number of hydrogen-bond acceptors (Lipinski definition) is 2. The number of nitrogens with zero attached hydrogens (tertiary/aromatic N) is 1. The Morgan fingerprint density at radius 1 is 1.25 bits per heavy atom. The Morgan fingerprint density at radius 2 is 2.05 bits per heavy atom. The minimum Gasteiger partial charge on any atom is -0.363 e. The van der Waals surface area contributed by atoms with E-state index in [1.54, 1.807) is 0 Å². The highest BCUT2D eigenvalue weighted by atomic mass is 79.9. The van der Waals surface area contributed by atoms with Gasteiger partial charge in [0, 0.05) is 28.8 Å². The van der Waals surface area contributed by atoms with Gasteiger partial charge >= 0.3 is 0 Å². The molecule has 20 heavy (non-hydrogen) atoms. The number of para-hydroxylation sites is 1. The predicted molar refractivity (Wildman–Crippen MR) is 83.4 cm³/mol. The van der Waals surface area contributed by atoms with Gasteiger partial charge in [0.1, 0.15) is 5.82 Å². The number of nitrogens with two attached hydrogens (primary N) is 1. The van der Waals surface area contributed by atoms with Gasteiger partial charge in [-0.25, -0.2) is 4.39 Å². The fourth-order valence-electron chi connectivity index (χ4n) is 2.88. The van der Waals surface area contributed by atoms with Gasteiger partial charge in [-0.1, -0.05) is 40.2 Å². The van der Waals surface area contributed by atoms with Crippen molar-refractivity contribution in [1.82, 2.24) is 0 Å². The van der Waals surface area contributed by atoms with Crippen LogP contribution in [0.1, 0.15) is 17.2 Å². The van der Waals surface area contributed by atoms with Crippen LogP contribution in [0.4, 0.5) is 10.1 Å². The van der Waals surface area contributed by atoms with Crippen LogP contribution in [0, 0.1) is 5.82 Å². The van der Waals surface area contributed by atoms with Crippen molar-refractivity contribution in [2.24, 2.45) is 5.73 Å². The highest BCUT2D eigenvalue weighted by molar-refractivity contribution is 9.10. The molecule has 0 aromatic heterocycles. The molecule has 0 fully saturated rings. The molecule has 0 spiro atoms. The van der Waals surface area contributed by atoms with Gasteiger partial charge in [0.2, 0.25) is 0 Å². The number of rotatable bonds is 3. The van der Waals surface area contributed by atoms with Crippen LogP contribution in [0.25, 0.3) is 0 Å². The molecule has 1 aliphatic rings. The molecular weight excluding hydrogens is 319 g/mol. The van der Waals surface area contributed by atoms with E-state index in [0.29, 0.717) is 12.1 Å². The third kappa shape index (κ3) is 2.34. The van der Waals surface area contributed by atoms with Crippen molar-refractivity contribution in [3.63, 3.8) is 0 Å². The second-order valence-electron chi connectivity index (χ2n) is 4.99. The van der Waals surface area contributed by atoms with Crippen LogP contribution in [-0.4, -0.2) is 13.1 Å². The van der Waals surface area contributed by atoms with Crippen molar-refractivity contribution in [3.05, 3.63) is 63.9 Å². The molecule has 3 rings (SSSR count). The van der Waals surface area contributed by atoms with E-state index >= 15 is 0 Å². The zero-order valence-corrected chi connectivity index (χ0v) is 12.6. The maximum Gasteiger partial charge on any atom is 0.129 e. The monoisotopic (exact) mass is 334 g/mol. The summed E-state index contributed by atoms with van der Waals surface area (Å²) in [6.07, 6.45) is 0.991. The van der Waals surface area contributed by atoms with E-state index in [1.807, 2.05) is 24.3 Å². The quantitative estimate of drug-likeness (QED) is 0.928. The van der Waals surface area contributed by atoms with Crippen LogP contribution >= 0.6 is 15.9 Å². The molecule has 0 amide bonds. The standard InChI is InChI=1S/C16H16BrFN2/c17-12-5-6-13(14(18)9-12)16(10-19)20-8-7-11-3-1-2-4-15(11)20/h1-6,9,16H,7-8,10,19H2. The lowest BCUT2D eigenvalue weighted by atomic mass is 10.0. The van der Waals surface area contributed by atoms with E-state index in [1.165, 1.54) is 17.3 Å². The lowest BCUT2D eigenvalue weighted by Crippen LogP contribution is -2.33. The summed E-state index contributed by atoms with van der Waals surface area (Å²) in [5.41, 5.74) is 9.07. The molecule has 104 valence electrons. The van der Waals surface area contributed by atoms with Gasteiger partial charge in [-0.15, -0.1) is 0 Å². The van der Waals surface area contributed by atoms with Crippen molar-refractivity contribution >= 4 is 21.6 Å². The minimum absolute atomic E-state index is 0.119. The molecule has 0 aliphatic carbocycles. The van der Waals surface area contributed by atoms with Gasteiger partial charge in [0.25, 0.3) is 0 Å². The van der Waals surface area contributed by atoms with E-state index in [4.69, 9.17) is 5.73 Å². The number of halogens is 2. The summed E-state index contributed by atoms with van der Waals surface area (Å²) in [5.74, 6) is -0.209. The fraction of sp³-hybridized carbons (Fsp3) is 0.250. The highest BCUT2D eigenvalue weighted by Crippen LogP contribution is 2.35. The van der Waals surface area contributed by atoms with E-state index in [9.17, 15) is 4.39 Å². The van der Waals surface area contributed by atoms with Crippen molar-refractivity contribution in [3.8, 4) is 0 Å². The van der Waals surface area contributed by atoms with Crippen molar-refractivity contribution in [1.29, 1.82) is 0 Å². The van der Waals surface area contributed by atoms with Crippen LogP contribution < -0.4 is 10.6 Å². The van der Waals surface area contributed by atoms with Crippen LogP contribution in [0.15, 0.2) is 46.9 Å². The molecule has 2 aromatic carbocycles. The normalized spacial score (nSPS) is 15.2.